The highest BCUT2D eigenvalue weighted by Crippen LogP contribution is 2.72. The molecule has 1 N–H and O–H groups in total. The lowest BCUT2D eigenvalue weighted by Crippen LogP contribution is -2.69. The first-order chi connectivity index (χ1) is 17.3. The molecule has 0 aromatic carbocycles. The van der Waals surface area contributed by atoms with E-state index in [1.54, 1.807) is 19.9 Å². The number of ether oxygens (including phenoxy) is 1. The average Bonchev–Trinajstić information content (AvgIpc) is 3.05. The largest absolute Gasteiger partial charge is 0.391 e. The van der Waals surface area contributed by atoms with Gasteiger partial charge < -0.3 is 18.9 Å². The van der Waals surface area contributed by atoms with Gasteiger partial charge in [0.05, 0.1) is 30.1 Å². The predicted molar refractivity (Wildman–Crippen MR) is 143 cm³/mol. The van der Waals surface area contributed by atoms with E-state index in [0.29, 0.717) is 19.3 Å². The van der Waals surface area contributed by atoms with E-state index in [1.165, 1.54) is 6.08 Å². The van der Waals surface area contributed by atoms with E-state index in [-0.39, 0.29) is 61.2 Å². The number of fused-ring (bicyclic) bond motifs is 5. The monoisotopic (exact) mass is 576 g/mol. The molecule has 0 amide bonds. The summed E-state index contributed by atoms with van der Waals surface area (Å²) in [6, 6.07) is 0. The Morgan fingerprint density at radius 2 is 1.86 bits per heavy atom. The van der Waals surface area contributed by atoms with Crippen molar-refractivity contribution in [3.8, 4) is 0 Å². The molecule has 0 bridgehead atoms. The van der Waals surface area contributed by atoms with Gasteiger partial charge in [0.1, 0.15) is 11.9 Å². The fraction of sp³-hybridized carbons (Fsp3) is 0.778. The smallest absolute Gasteiger partial charge is 0.356 e. The maximum atomic E-state index is 13.7. The SMILES string of the molecule is CCOP(=O)(CO[C@]1(C(=O)CCl)[C@H](C)C[C@H]2[C@@H]3CCC4=CC(=O)C=CC4(C)[C@@]3(Cl)[C@@H](O)C[C@@]21C)OCC. The number of hydrogen-bond donors (Lipinski definition) is 1. The first-order valence-corrected chi connectivity index (χ1v) is 15.9. The summed E-state index contributed by atoms with van der Waals surface area (Å²) >= 11 is 13.7. The van der Waals surface area contributed by atoms with E-state index < -0.39 is 35.0 Å². The molecule has 0 spiro atoms. The summed E-state index contributed by atoms with van der Waals surface area (Å²) in [5.41, 5.74) is -1.97. The van der Waals surface area contributed by atoms with Crippen molar-refractivity contribution in [1.29, 1.82) is 0 Å². The van der Waals surface area contributed by atoms with Gasteiger partial charge in [-0.3, -0.25) is 14.2 Å². The Kier molecular flexibility index (Phi) is 8.07. The van der Waals surface area contributed by atoms with Crippen molar-refractivity contribution in [1.82, 2.24) is 0 Å². The van der Waals surface area contributed by atoms with Crippen LogP contribution in [0.5, 0.6) is 0 Å². The van der Waals surface area contributed by atoms with Crippen LogP contribution in [0.4, 0.5) is 0 Å². The van der Waals surface area contributed by atoms with Gasteiger partial charge in [0, 0.05) is 10.8 Å². The normalized spacial score (nSPS) is 43.1. The van der Waals surface area contributed by atoms with Gasteiger partial charge in [-0.1, -0.05) is 32.4 Å². The quantitative estimate of drug-likeness (QED) is 0.279. The summed E-state index contributed by atoms with van der Waals surface area (Å²) in [6.07, 6.45) is 5.86. The van der Waals surface area contributed by atoms with Crippen LogP contribution in [-0.4, -0.2) is 58.7 Å². The van der Waals surface area contributed by atoms with E-state index in [9.17, 15) is 19.3 Å². The molecule has 0 aromatic rings. The molecule has 4 rings (SSSR count). The molecule has 3 saturated carbocycles. The molecule has 0 radical (unpaired) electrons. The Morgan fingerprint density at radius 1 is 1.22 bits per heavy atom. The van der Waals surface area contributed by atoms with Crippen LogP contribution in [0.2, 0.25) is 0 Å². The molecule has 10 heteroatoms. The minimum atomic E-state index is -3.62. The van der Waals surface area contributed by atoms with Crippen molar-refractivity contribution < 1.29 is 33.0 Å². The third kappa shape index (κ3) is 4.10. The fourth-order valence-corrected chi connectivity index (χ4v) is 10.4. The number of halogens is 2. The molecule has 0 aromatic heterocycles. The van der Waals surface area contributed by atoms with E-state index >= 15 is 0 Å². The second-order valence-corrected chi connectivity index (χ2v) is 14.3. The molecule has 7 nitrogen and oxygen atoms in total. The first kappa shape index (κ1) is 29.5. The lowest BCUT2D eigenvalue weighted by Gasteiger charge is -2.64. The predicted octanol–water partition coefficient (Wildman–Crippen LogP) is 5.66. The summed E-state index contributed by atoms with van der Waals surface area (Å²) in [4.78, 5) is 24.8. The number of carbonyl (C=O) groups is 2. The van der Waals surface area contributed by atoms with Gasteiger partial charge in [-0.25, -0.2) is 0 Å². The van der Waals surface area contributed by atoms with Crippen molar-refractivity contribution in [3.05, 3.63) is 23.8 Å². The molecular formula is C27H39Cl2O7P. The van der Waals surface area contributed by atoms with Crippen molar-refractivity contribution in [2.24, 2.45) is 28.6 Å². The molecule has 4 aliphatic carbocycles. The number of aliphatic hydroxyl groups is 1. The van der Waals surface area contributed by atoms with Gasteiger partial charge >= 0.3 is 7.60 Å². The van der Waals surface area contributed by atoms with Crippen LogP contribution < -0.4 is 0 Å². The van der Waals surface area contributed by atoms with Gasteiger partial charge in [-0.2, -0.15) is 0 Å². The van der Waals surface area contributed by atoms with Gasteiger partial charge in [0.25, 0.3) is 0 Å². The van der Waals surface area contributed by atoms with Crippen LogP contribution in [-0.2, 0) is 27.9 Å². The van der Waals surface area contributed by atoms with Gasteiger partial charge in [-0.15, -0.1) is 23.2 Å². The lowest BCUT2D eigenvalue weighted by atomic mass is 9.45. The molecule has 37 heavy (non-hydrogen) atoms. The molecule has 0 aliphatic heterocycles. The van der Waals surface area contributed by atoms with Crippen LogP contribution in [0, 0.1) is 28.6 Å². The number of allylic oxidation sites excluding steroid dienone is 4. The summed E-state index contributed by atoms with van der Waals surface area (Å²) < 4.78 is 30.7. The Bertz CT molecular complexity index is 1050. The maximum absolute atomic E-state index is 13.7. The molecular weight excluding hydrogens is 538 g/mol. The first-order valence-electron chi connectivity index (χ1n) is 13.2. The third-order valence-corrected chi connectivity index (χ3v) is 12.7. The van der Waals surface area contributed by atoms with Crippen molar-refractivity contribution >= 4 is 42.4 Å². The average molecular weight is 577 g/mol. The van der Waals surface area contributed by atoms with Crippen molar-refractivity contribution in [2.75, 3.05) is 25.4 Å². The topological polar surface area (TPSA) is 99.1 Å². The van der Waals surface area contributed by atoms with Crippen LogP contribution in [0.25, 0.3) is 0 Å². The Hall–Kier alpha value is -0.530. The third-order valence-electron chi connectivity index (χ3n) is 9.82. The van der Waals surface area contributed by atoms with E-state index in [2.05, 4.69) is 0 Å². The summed E-state index contributed by atoms with van der Waals surface area (Å²) in [6.45, 7) is 9.72. The zero-order valence-corrected chi connectivity index (χ0v) is 24.7. The zero-order valence-electron chi connectivity index (χ0n) is 22.3. The van der Waals surface area contributed by atoms with E-state index in [0.717, 1.165) is 5.57 Å². The highest BCUT2D eigenvalue weighted by Gasteiger charge is 2.75. The number of ketones is 2. The minimum Gasteiger partial charge on any atom is -0.391 e. The molecule has 208 valence electrons. The number of hydrogen-bond acceptors (Lipinski definition) is 7. The van der Waals surface area contributed by atoms with Crippen LogP contribution in [0.3, 0.4) is 0 Å². The standard InChI is InChI=1S/C27H39Cl2O7P/c1-6-35-37(33,36-7-2)16-34-27(23(32)15-28)17(3)12-21-20-9-8-18-13-19(30)10-11-24(18,4)26(20,29)22(31)14-25(21,27)5/h10-11,13,17,20-22,31H,6-9,12,14-16H2,1-5H3/t17-,20+,21+,22+,24?,25+,26+,27+/m1/s1. The van der Waals surface area contributed by atoms with Gasteiger partial charge in [0.2, 0.25) is 0 Å². The number of aliphatic hydroxyl groups excluding tert-OH is 1. The summed E-state index contributed by atoms with van der Waals surface area (Å²) in [5, 5.41) is 11.8. The highest BCUT2D eigenvalue weighted by atomic mass is 35.5. The molecule has 0 heterocycles. The Morgan fingerprint density at radius 3 is 2.46 bits per heavy atom. The van der Waals surface area contributed by atoms with Crippen molar-refractivity contribution in [2.45, 2.75) is 76.9 Å². The zero-order chi connectivity index (χ0) is 27.4. The maximum Gasteiger partial charge on any atom is 0.356 e. The second-order valence-electron chi connectivity index (χ2n) is 11.4. The Labute approximate surface area is 229 Å². The number of carbonyl (C=O) groups excluding carboxylic acids is 2. The summed E-state index contributed by atoms with van der Waals surface area (Å²) in [5.74, 6) is -1.13. The lowest BCUT2D eigenvalue weighted by molar-refractivity contribution is -0.188. The minimum absolute atomic E-state index is 0.0658. The molecule has 8 atom stereocenters. The van der Waals surface area contributed by atoms with Gasteiger partial charge in [0.15, 0.2) is 11.6 Å². The number of Topliss-reactive ketones (excluding diaryl/α,β-unsaturated/α-hetero) is 1. The van der Waals surface area contributed by atoms with E-state index in [4.69, 9.17) is 37.0 Å². The summed E-state index contributed by atoms with van der Waals surface area (Å²) in [7, 11) is -3.62. The molecule has 3 fully saturated rings. The molecule has 1 unspecified atom stereocenters. The van der Waals surface area contributed by atoms with Crippen LogP contribution in [0.15, 0.2) is 23.8 Å². The molecule has 0 saturated heterocycles. The Balaban J connectivity index is 1.78. The second kappa shape index (κ2) is 10.1. The van der Waals surface area contributed by atoms with E-state index in [1.807, 2.05) is 26.8 Å². The highest BCUT2D eigenvalue weighted by molar-refractivity contribution is 7.53. The number of alkyl halides is 2. The van der Waals surface area contributed by atoms with Crippen LogP contribution in [0.1, 0.15) is 60.3 Å². The molecule has 4 aliphatic rings. The van der Waals surface area contributed by atoms with Crippen LogP contribution >= 0.6 is 30.8 Å². The fourth-order valence-electron chi connectivity index (χ4n) is 8.30. The van der Waals surface area contributed by atoms with Gasteiger partial charge in [-0.05, 0) is 69.4 Å². The number of rotatable bonds is 9. The van der Waals surface area contributed by atoms with Crippen molar-refractivity contribution in [3.63, 3.8) is 0 Å².